The Hall–Kier alpha value is -1.09. The average Bonchev–Trinajstić information content (AvgIpc) is 2.46. The van der Waals surface area contributed by atoms with Crippen LogP contribution in [-0.4, -0.2) is 15.6 Å². The normalized spacial score (nSPS) is 16.6. The van der Waals surface area contributed by atoms with Crippen LogP contribution in [0.3, 0.4) is 0 Å². The molecule has 3 heteroatoms. The van der Waals surface area contributed by atoms with Crippen LogP contribution in [-0.2, 0) is 11.3 Å². The summed E-state index contributed by atoms with van der Waals surface area (Å²) in [5.41, 5.74) is 2.36. The topological polar surface area (TPSA) is 20.3 Å². The summed E-state index contributed by atoms with van der Waals surface area (Å²) in [6.45, 7) is 2.56. The molecule has 1 atom stereocenters. The Morgan fingerprint density at radius 3 is 2.63 bits per heavy atom. The second-order valence-corrected chi connectivity index (χ2v) is 6.34. The Labute approximate surface area is 123 Å². The summed E-state index contributed by atoms with van der Waals surface area (Å²) in [5, 5.41) is 0. The fourth-order valence-electron chi connectivity index (χ4n) is 2.37. The van der Waals surface area contributed by atoms with E-state index in [1.54, 1.807) is 0 Å². The molecular weight excluding hydrogens is 302 g/mol. The van der Waals surface area contributed by atoms with Gasteiger partial charge in [0.15, 0.2) is 0 Å². The van der Waals surface area contributed by atoms with Gasteiger partial charge in [0.2, 0.25) is 5.91 Å². The van der Waals surface area contributed by atoms with Crippen LogP contribution in [0, 0.1) is 0 Å². The maximum absolute atomic E-state index is 12.4. The van der Waals surface area contributed by atoms with E-state index in [2.05, 4.69) is 34.1 Å². The molecule has 1 aromatic carbocycles. The van der Waals surface area contributed by atoms with Crippen LogP contribution in [0.1, 0.15) is 38.2 Å². The van der Waals surface area contributed by atoms with Crippen molar-refractivity contribution in [1.82, 2.24) is 4.90 Å². The Morgan fingerprint density at radius 1 is 1.32 bits per heavy atom. The number of hydrogen-bond acceptors (Lipinski definition) is 1. The maximum atomic E-state index is 12.4. The van der Waals surface area contributed by atoms with Gasteiger partial charge in [0.1, 0.15) is 0 Å². The molecule has 0 bridgehead atoms. The molecule has 102 valence electrons. The lowest BCUT2D eigenvalue weighted by Crippen LogP contribution is -2.35. The first-order chi connectivity index (χ1) is 9.18. The van der Waals surface area contributed by atoms with Gasteiger partial charge in [-0.05, 0) is 38.2 Å². The summed E-state index contributed by atoms with van der Waals surface area (Å²) < 4.78 is 0. The molecule has 0 saturated heterocycles. The molecule has 2 nitrogen and oxygen atoms in total. The summed E-state index contributed by atoms with van der Waals surface area (Å²) in [5.74, 6) is 0.150. The number of nitrogens with zero attached hydrogens (tertiary/aromatic N) is 1. The first kappa shape index (κ1) is 14.3. The standard InChI is InChI=1S/C16H20BrNO/c1-13(17)16(19)18(15-10-6-3-7-11-15)12-14-8-4-2-5-9-14/h2,4-5,8-10,13H,3,6-7,11-12H2,1H3/t13-/m1/s1. The van der Waals surface area contributed by atoms with E-state index >= 15 is 0 Å². The molecule has 0 radical (unpaired) electrons. The van der Waals surface area contributed by atoms with Gasteiger partial charge in [-0.3, -0.25) is 4.79 Å². The van der Waals surface area contributed by atoms with Crippen molar-refractivity contribution in [3.05, 3.63) is 47.7 Å². The SMILES string of the molecule is C[C@@H](Br)C(=O)N(Cc1ccccc1)C1=CCCCC1. The highest BCUT2D eigenvalue weighted by Crippen LogP contribution is 2.24. The number of rotatable bonds is 4. The molecule has 19 heavy (non-hydrogen) atoms. The monoisotopic (exact) mass is 321 g/mol. The van der Waals surface area contributed by atoms with Gasteiger partial charge >= 0.3 is 0 Å². The number of alkyl halides is 1. The van der Waals surface area contributed by atoms with Crippen molar-refractivity contribution in [2.24, 2.45) is 0 Å². The van der Waals surface area contributed by atoms with Crippen molar-refractivity contribution in [3.8, 4) is 0 Å². The van der Waals surface area contributed by atoms with E-state index in [1.165, 1.54) is 24.1 Å². The number of benzene rings is 1. The summed E-state index contributed by atoms with van der Waals surface area (Å²) in [6.07, 6.45) is 6.74. The van der Waals surface area contributed by atoms with Crippen molar-refractivity contribution < 1.29 is 4.79 Å². The molecule has 2 rings (SSSR count). The molecule has 0 spiro atoms. The second-order valence-electron chi connectivity index (χ2n) is 4.97. The smallest absolute Gasteiger partial charge is 0.240 e. The first-order valence-electron chi connectivity index (χ1n) is 6.87. The molecule has 0 unspecified atom stereocenters. The Morgan fingerprint density at radius 2 is 2.05 bits per heavy atom. The second kappa shape index (κ2) is 6.90. The predicted molar refractivity (Wildman–Crippen MR) is 81.9 cm³/mol. The average molecular weight is 322 g/mol. The van der Waals surface area contributed by atoms with E-state index in [-0.39, 0.29) is 10.7 Å². The van der Waals surface area contributed by atoms with Crippen LogP contribution in [0.25, 0.3) is 0 Å². The maximum Gasteiger partial charge on any atom is 0.240 e. The molecule has 0 aliphatic heterocycles. The first-order valence-corrected chi connectivity index (χ1v) is 7.78. The molecule has 0 fully saturated rings. The van der Waals surface area contributed by atoms with Crippen LogP contribution >= 0.6 is 15.9 Å². The van der Waals surface area contributed by atoms with Crippen LogP contribution in [0.15, 0.2) is 42.1 Å². The van der Waals surface area contributed by atoms with Gasteiger partial charge in [0.25, 0.3) is 0 Å². The minimum absolute atomic E-state index is 0.140. The third kappa shape index (κ3) is 3.93. The third-order valence-corrected chi connectivity index (χ3v) is 3.80. The highest BCUT2D eigenvalue weighted by molar-refractivity contribution is 9.10. The van der Waals surface area contributed by atoms with Crippen LogP contribution < -0.4 is 0 Å². The quantitative estimate of drug-likeness (QED) is 0.759. The highest BCUT2D eigenvalue weighted by atomic mass is 79.9. The summed E-state index contributed by atoms with van der Waals surface area (Å²) in [6, 6.07) is 10.2. The van der Waals surface area contributed by atoms with Gasteiger partial charge in [0.05, 0.1) is 11.4 Å². The molecule has 1 amide bonds. The zero-order chi connectivity index (χ0) is 13.7. The van der Waals surface area contributed by atoms with Crippen LogP contribution in [0.2, 0.25) is 0 Å². The van der Waals surface area contributed by atoms with E-state index in [0.717, 1.165) is 12.8 Å². The van der Waals surface area contributed by atoms with Gasteiger partial charge in [-0.25, -0.2) is 0 Å². The van der Waals surface area contributed by atoms with Crippen LogP contribution in [0.4, 0.5) is 0 Å². The van der Waals surface area contributed by atoms with E-state index in [0.29, 0.717) is 6.54 Å². The molecule has 0 N–H and O–H groups in total. The van der Waals surface area contributed by atoms with Crippen molar-refractivity contribution in [1.29, 1.82) is 0 Å². The molecule has 1 aromatic rings. The van der Waals surface area contributed by atoms with Gasteiger partial charge in [-0.1, -0.05) is 52.3 Å². The number of amides is 1. The lowest BCUT2D eigenvalue weighted by Gasteiger charge is -2.29. The summed E-state index contributed by atoms with van der Waals surface area (Å²) in [4.78, 5) is 14.2. The number of carbonyl (C=O) groups excluding carboxylic acids is 1. The third-order valence-electron chi connectivity index (χ3n) is 3.40. The van der Waals surface area contributed by atoms with Gasteiger partial charge < -0.3 is 4.90 Å². The molecule has 0 aromatic heterocycles. The lowest BCUT2D eigenvalue weighted by molar-refractivity contribution is -0.129. The van der Waals surface area contributed by atoms with E-state index in [4.69, 9.17) is 0 Å². The van der Waals surface area contributed by atoms with Gasteiger partial charge in [-0.15, -0.1) is 0 Å². The summed E-state index contributed by atoms with van der Waals surface area (Å²) >= 11 is 3.40. The van der Waals surface area contributed by atoms with E-state index in [9.17, 15) is 4.79 Å². The Bertz CT molecular complexity index is 453. The van der Waals surface area contributed by atoms with Gasteiger partial charge in [-0.2, -0.15) is 0 Å². The van der Waals surface area contributed by atoms with Crippen LogP contribution in [0.5, 0.6) is 0 Å². The zero-order valence-electron chi connectivity index (χ0n) is 11.3. The van der Waals surface area contributed by atoms with Crippen molar-refractivity contribution in [3.63, 3.8) is 0 Å². The number of hydrogen-bond donors (Lipinski definition) is 0. The summed E-state index contributed by atoms with van der Waals surface area (Å²) in [7, 11) is 0. The fourth-order valence-corrected chi connectivity index (χ4v) is 2.62. The number of carbonyl (C=O) groups is 1. The van der Waals surface area contributed by atoms with Crippen molar-refractivity contribution in [2.45, 2.75) is 44.0 Å². The molecule has 0 heterocycles. The predicted octanol–water partition coefficient (Wildman–Crippen LogP) is 4.26. The van der Waals surface area contributed by atoms with Crippen molar-refractivity contribution in [2.75, 3.05) is 0 Å². The molecule has 0 saturated carbocycles. The Balaban J connectivity index is 2.19. The van der Waals surface area contributed by atoms with E-state index in [1.807, 2.05) is 30.0 Å². The Kier molecular flexibility index (Phi) is 5.20. The fraction of sp³-hybridized carbons (Fsp3) is 0.438. The zero-order valence-corrected chi connectivity index (χ0v) is 12.9. The molecule has 1 aliphatic carbocycles. The highest BCUT2D eigenvalue weighted by Gasteiger charge is 2.22. The van der Waals surface area contributed by atoms with Gasteiger partial charge in [0, 0.05) is 5.70 Å². The van der Waals surface area contributed by atoms with Crippen molar-refractivity contribution >= 4 is 21.8 Å². The largest absolute Gasteiger partial charge is 0.311 e. The molecule has 1 aliphatic rings. The number of allylic oxidation sites excluding steroid dienone is 2. The minimum atomic E-state index is -0.140. The number of halogens is 1. The molecular formula is C16H20BrNO. The minimum Gasteiger partial charge on any atom is -0.311 e. The van der Waals surface area contributed by atoms with E-state index < -0.39 is 0 Å². The lowest BCUT2D eigenvalue weighted by atomic mass is 10.0.